The van der Waals surface area contributed by atoms with Gasteiger partial charge in [0.05, 0.1) is 17.5 Å². The van der Waals surface area contributed by atoms with Gasteiger partial charge in [0.25, 0.3) is 0 Å². The van der Waals surface area contributed by atoms with E-state index in [4.69, 9.17) is 0 Å². The second kappa shape index (κ2) is 3.57. The maximum atomic E-state index is 10.8. The van der Waals surface area contributed by atoms with E-state index in [9.17, 15) is 9.90 Å². The van der Waals surface area contributed by atoms with Crippen molar-refractivity contribution in [2.24, 2.45) is 7.05 Å². The average molecular weight is 202 g/mol. The lowest BCUT2D eigenvalue weighted by Crippen LogP contribution is -1.95. The highest BCUT2D eigenvalue weighted by Crippen LogP contribution is 2.24. The molecule has 2 aromatic rings. The zero-order valence-electron chi connectivity index (χ0n) is 8.21. The second-order valence-corrected chi connectivity index (χ2v) is 3.24. The maximum Gasteiger partial charge on any atom is 0.153 e. The van der Waals surface area contributed by atoms with Crippen LogP contribution in [0.5, 0.6) is 5.75 Å². The number of aldehydes is 1. The molecule has 15 heavy (non-hydrogen) atoms. The molecular formula is C11H10N2O2. The molecule has 1 N–H and O–H groups in total. The third-order valence-electron chi connectivity index (χ3n) is 2.21. The predicted molar refractivity (Wildman–Crippen MR) is 55.7 cm³/mol. The molecule has 0 amide bonds. The summed E-state index contributed by atoms with van der Waals surface area (Å²) in [6, 6.07) is 6.74. The van der Waals surface area contributed by atoms with Crippen molar-refractivity contribution >= 4 is 6.29 Å². The highest BCUT2D eigenvalue weighted by atomic mass is 16.3. The monoisotopic (exact) mass is 202 g/mol. The van der Waals surface area contributed by atoms with Crippen molar-refractivity contribution < 1.29 is 9.90 Å². The highest BCUT2D eigenvalue weighted by Gasteiger charge is 2.10. The molecule has 2 rings (SSSR count). The zero-order valence-corrected chi connectivity index (χ0v) is 8.21. The molecule has 1 aromatic heterocycles. The Hall–Kier alpha value is -2.10. The highest BCUT2D eigenvalue weighted by molar-refractivity contribution is 5.85. The third kappa shape index (κ3) is 1.61. The number of aromatic hydroxyl groups is 1. The molecule has 0 aliphatic heterocycles. The number of carbonyl (C=O) groups is 1. The molecule has 4 nitrogen and oxygen atoms in total. The third-order valence-corrected chi connectivity index (χ3v) is 2.21. The number of carbonyl (C=O) groups excluding carboxylic acids is 1. The van der Waals surface area contributed by atoms with Crippen LogP contribution >= 0.6 is 0 Å². The van der Waals surface area contributed by atoms with Crippen LogP contribution in [0.15, 0.2) is 30.5 Å². The van der Waals surface area contributed by atoms with Crippen LogP contribution in [0.2, 0.25) is 0 Å². The van der Waals surface area contributed by atoms with Crippen molar-refractivity contribution in [3.63, 3.8) is 0 Å². The minimum absolute atomic E-state index is 0.172. The van der Waals surface area contributed by atoms with E-state index >= 15 is 0 Å². The van der Waals surface area contributed by atoms with Crippen LogP contribution in [0.4, 0.5) is 0 Å². The number of phenolic OH excluding ortho intramolecular Hbond substituents is 1. The molecule has 0 unspecified atom stereocenters. The first-order valence-corrected chi connectivity index (χ1v) is 4.49. The van der Waals surface area contributed by atoms with Gasteiger partial charge in [0.15, 0.2) is 6.29 Å². The molecule has 0 aliphatic rings. The van der Waals surface area contributed by atoms with E-state index in [0.717, 1.165) is 11.8 Å². The van der Waals surface area contributed by atoms with Gasteiger partial charge in [-0.1, -0.05) is 12.1 Å². The quantitative estimate of drug-likeness (QED) is 0.752. The fraction of sp³-hybridized carbons (Fsp3) is 0.0909. The van der Waals surface area contributed by atoms with Crippen molar-refractivity contribution in [2.75, 3.05) is 0 Å². The molecule has 0 radical (unpaired) electrons. The van der Waals surface area contributed by atoms with Crippen LogP contribution < -0.4 is 0 Å². The van der Waals surface area contributed by atoms with Crippen LogP contribution in [0, 0.1) is 0 Å². The lowest BCUT2D eigenvalue weighted by molar-refractivity contribution is 0.112. The molecule has 0 aliphatic carbocycles. The first kappa shape index (κ1) is 9.45. The van der Waals surface area contributed by atoms with Crippen molar-refractivity contribution in [2.45, 2.75) is 0 Å². The van der Waals surface area contributed by atoms with Crippen molar-refractivity contribution in [3.05, 3.63) is 36.0 Å². The SMILES string of the molecule is Cn1ncc(C=O)c1-c1cccc(O)c1. The molecule has 76 valence electrons. The first-order chi connectivity index (χ1) is 7.22. The van der Waals surface area contributed by atoms with E-state index in [-0.39, 0.29) is 5.75 Å². The van der Waals surface area contributed by atoms with Crippen LogP contribution in [-0.4, -0.2) is 21.2 Å². The van der Waals surface area contributed by atoms with Crippen LogP contribution in [-0.2, 0) is 7.05 Å². The lowest BCUT2D eigenvalue weighted by Gasteiger charge is -2.03. The van der Waals surface area contributed by atoms with Gasteiger partial charge in [-0.25, -0.2) is 0 Å². The number of nitrogens with zero attached hydrogens (tertiary/aromatic N) is 2. The summed E-state index contributed by atoms with van der Waals surface area (Å²) in [5.41, 5.74) is 2.00. The van der Waals surface area contributed by atoms with E-state index in [1.807, 2.05) is 6.07 Å². The molecule has 4 heteroatoms. The number of rotatable bonds is 2. The minimum atomic E-state index is 0.172. The molecule has 1 heterocycles. The van der Waals surface area contributed by atoms with Gasteiger partial charge in [0.1, 0.15) is 5.75 Å². The number of aromatic nitrogens is 2. The molecule has 1 aromatic carbocycles. The molecule has 0 bridgehead atoms. The largest absolute Gasteiger partial charge is 0.508 e. The molecule has 0 atom stereocenters. The Kier molecular flexibility index (Phi) is 2.25. The number of hydrogen-bond donors (Lipinski definition) is 1. The standard InChI is InChI=1S/C11H10N2O2/c1-13-11(9(7-14)6-12-13)8-3-2-4-10(15)5-8/h2-7,15H,1H3. The van der Waals surface area contributed by atoms with Gasteiger partial charge >= 0.3 is 0 Å². The van der Waals surface area contributed by atoms with Gasteiger partial charge in [0.2, 0.25) is 0 Å². The van der Waals surface area contributed by atoms with Gasteiger partial charge in [-0.15, -0.1) is 0 Å². The topological polar surface area (TPSA) is 55.1 Å². The molecule has 0 saturated carbocycles. The Bertz CT molecular complexity index is 503. The summed E-state index contributed by atoms with van der Waals surface area (Å²) in [5.74, 6) is 0.172. The minimum Gasteiger partial charge on any atom is -0.508 e. The fourth-order valence-electron chi connectivity index (χ4n) is 1.55. The van der Waals surface area contributed by atoms with Gasteiger partial charge in [-0.2, -0.15) is 5.10 Å². The number of aryl methyl sites for hydroxylation is 1. The number of phenols is 1. The Morgan fingerprint density at radius 3 is 2.93 bits per heavy atom. The van der Waals surface area contributed by atoms with E-state index in [1.54, 1.807) is 29.9 Å². The summed E-state index contributed by atoms with van der Waals surface area (Å²) >= 11 is 0. The summed E-state index contributed by atoms with van der Waals surface area (Å²) < 4.78 is 1.61. The summed E-state index contributed by atoms with van der Waals surface area (Å²) in [7, 11) is 1.76. The van der Waals surface area contributed by atoms with Crippen LogP contribution in [0.3, 0.4) is 0 Å². The number of hydrogen-bond acceptors (Lipinski definition) is 3. The predicted octanol–water partition coefficient (Wildman–Crippen LogP) is 1.61. The molecular weight excluding hydrogens is 192 g/mol. The second-order valence-electron chi connectivity index (χ2n) is 3.24. The van der Waals surface area contributed by atoms with E-state index < -0.39 is 0 Å². The van der Waals surface area contributed by atoms with Gasteiger partial charge in [-0.05, 0) is 12.1 Å². The van der Waals surface area contributed by atoms with Crippen molar-refractivity contribution in [1.82, 2.24) is 9.78 Å². The smallest absolute Gasteiger partial charge is 0.153 e. The Morgan fingerprint density at radius 1 is 1.47 bits per heavy atom. The fourth-order valence-corrected chi connectivity index (χ4v) is 1.55. The normalized spacial score (nSPS) is 10.2. The van der Waals surface area contributed by atoms with E-state index in [0.29, 0.717) is 11.3 Å². The average Bonchev–Trinajstić information content (AvgIpc) is 2.59. The van der Waals surface area contributed by atoms with Crippen LogP contribution in [0.1, 0.15) is 10.4 Å². The molecule has 0 fully saturated rings. The first-order valence-electron chi connectivity index (χ1n) is 4.49. The summed E-state index contributed by atoms with van der Waals surface area (Å²) in [6.45, 7) is 0. The molecule has 0 saturated heterocycles. The number of benzene rings is 1. The lowest BCUT2D eigenvalue weighted by atomic mass is 10.1. The van der Waals surface area contributed by atoms with Crippen molar-refractivity contribution in [1.29, 1.82) is 0 Å². The Morgan fingerprint density at radius 2 is 2.27 bits per heavy atom. The van der Waals surface area contributed by atoms with Crippen molar-refractivity contribution in [3.8, 4) is 17.0 Å². The Balaban J connectivity index is 2.62. The summed E-state index contributed by atoms with van der Waals surface area (Å²) in [4.78, 5) is 10.8. The van der Waals surface area contributed by atoms with Gasteiger partial charge < -0.3 is 5.11 Å². The maximum absolute atomic E-state index is 10.8. The van der Waals surface area contributed by atoms with Gasteiger partial charge in [-0.3, -0.25) is 9.48 Å². The van der Waals surface area contributed by atoms with Crippen LogP contribution in [0.25, 0.3) is 11.3 Å². The molecule has 0 spiro atoms. The van der Waals surface area contributed by atoms with E-state index in [1.165, 1.54) is 6.20 Å². The zero-order chi connectivity index (χ0) is 10.8. The van der Waals surface area contributed by atoms with E-state index in [2.05, 4.69) is 5.10 Å². The Labute approximate surface area is 86.8 Å². The van der Waals surface area contributed by atoms with Gasteiger partial charge in [0, 0.05) is 12.6 Å². The summed E-state index contributed by atoms with van der Waals surface area (Å²) in [5, 5.41) is 13.3. The summed E-state index contributed by atoms with van der Waals surface area (Å²) in [6.07, 6.45) is 2.26.